The molecule has 1 aromatic carbocycles. The van der Waals surface area contributed by atoms with Gasteiger partial charge in [-0.1, -0.05) is 12.1 Å². The van der Waals surface area contributed by atoms with Crippen LogP contribution in [0.3, 0.4) is 0 Å². The van der Waals surface area contributed by atoms with Crippen molar-refractivity contribution < 1.29 is 19.4 Å². The maximum Gasteiger partial charge on any atom is 0.348 e. The van der Waals surface area contributed by atoms with Crippen LogP contribution in [-0.4, -0.2) is 24.1 Å². The zero-order chi connectivity index (χ0) is 13.8. The van der Waals surface area contributed by atoms with Crippen molar-refractivity contribution in [2.45, 2.75) is 0 Å². The second-order valence-corrected chi connectivity index (χ2v) is 4.71. The van der Waals surface area contributed by atoms with Crippen molar-refractivity contribution in [3.05, 3.63) is 46.2 Å². The second-order valence-electron chi connectivity index (χ2n) is 3.63. The molecular weight excluding hydrogens is 266 g/mol. The molecule has 1 aromatic heterocycles. The monoisotopic (exact) mass is 277 g/mol. The van der Waals surface area contributed by atoms with Crippen LogP contribution in [0.15, 0.2) is 36.4 Å². The molecule has 0 unspecified atom stereocenters. The van der Waals surface area contributed by atoms with Crippen molar-refractivity contribution in [1.82, 2.24) is 0 Å². The number of hydrogen-bond acceptors (Lipinski definition) is 5. The van der Waals surface area contributed by atoms with Gasteiger partial charge in [-0.15, -0.1) is 11.3 Å². The van der Waals surface area contributed by atoms with E-state index in [0.29, 0.717) is 15.4 Å². The fraction of sp³-hybridized carbons (Fsp3) is 0.0769. The first-order chi connectivity index (χ1) is 9.11. The van der Waals surface area contributed by atoms with E-state index in [1.807, 2.05) is 0 Å². The summed E-state index contributed by atoms with van der Waals surface area (Å²) in [5, 5.41) is 12.1. The molecule has 0 spiro atoms. The predicted octanol–water partition coefficient (Wildman–Crippen LogP) is 2.49. The van der Waals surface area contributed by atoms with Gasteiger partial charge in [-0.3, -0.25) is 4.79 Å². The third kappa shape index (κ3) is 2.92. The Labute approximate surface area is 113 Å². The van der Waals surface area contributed by atoms with Crippen molar-refractivity contribution in [2.75, 3.05) is 12.4 Å². The number of ether oxygens (including phenoxy) is 1. The average molecular weight is 277 g/mol. The number of para-hydroxylation sites is 2. The molecule has 6 heteroatoms. The highest BCUT2D eigenvalue weighted by atomic mass is 32.1. The van der Waals surface area contributed by atoms with E-state index in [2.05, 4.69) is 10.1 Å². The molecule has 0 aliphatic heterocycles. The van der Waals surface area contributed by atoms with Gasteiger partial charge in [-0.25, -0.2) is 4.79 Å². The highest BCUT2D eigenvalue weighted by Crippen LogP contribution is 2.24. The first kappa shape index (κ1) is 13.1. The van der Waals surface area contributed by atoms with E-state index in [1.165, 1.54) is 25.3 Å². The van der Waals surface area contributed by atoms with Crippen LogP contribution in [0.5, 0.6) is 5.75 Å². The van der Waals surface area contributed by atoms with Gasteiger partial charge in [0.1, 0.15) is 10.6 Å². The van der Waals surface area contributed by atoms with Crippen molar-refractivity contribution in [2.24, 2.45) is 0 Å². The van der Waals surface area contributed by atoms with E-state index in [4.69, 9.17) is 0 Å². The number of carbonyl (C=O) groups is 2. The lowest BCUT2D eigenvalue weighted by atomic mass is 10.3. The van der Waals surface area contributed by atoms with Gasteiger partial charge in [-0.2, -0.15) is 0 Å². The average Bonchev–Trinajstić information content (AvgIpc) is 2.90. The molecule has 0 aliphatic rings. The minimum Gasteiger partial charge on any atom is -0.506 e. The SMILES string of the molecule is COC(=O)c1ccc(C(=O)Nc2ccccc2O)s1. The molecule has 0 bridgehead atoms. The Morgan fingerprint density at radius 3 is 2.53 bits per heavy atom. The van der Waals surface area contributed by atoms with Gasteiger partial charge in [-0.05, 0) is 24.3 Å². The molecule has 2 rings (SSSR count). The van der Waals surface area contributed by atoms with Crippen LogP contribution in [0.1, 0.15) is 19.3 Å². The van der Waals surface area contributed by atoms with Gasteiger partial charge in [0.15, 0.2) is 0 Å². The zero-order valence-corrected chi connectivity index (χ0v) is 10.9. The second kappa shape index (κ2) is 5.53. The number of phenolic OH excluding ortho intramolecular Hbond substituents is 1. The first-order valence-corrected chi connectivity index (χ1v) is 6.21. The Morgan fingerprint density at radius 2 is 1.84 bits per heavy atom. The Bertz CT molecular complexity index is 621. The number of phenols is 1. The quantitative estimate of drug-likeness (QED) is 0.667. The number of carbonyl (C=O) groups excluding carboxylic acids is 2. The number of amides is 1. The van der Waals surface area contributed by atoms with Gasteiger partial charge in [0.25, 0.3) is 5.91 Å². The molecule has 98 valence electrons. The number of rotatable bonds is 3. The number of esters is 1. The van der Waals surface area contributed by atoms with Crippen LogP contribution in [0.4, 0.5) is 5.69 Å². The van der Waals surface area contributed by atoms with E-state index >= 15 is 0 Å². The molecule has 0 aliphatic carbocycles. The van der Waals surface area contributed by atoms with Gasteiger partial charge in [0.05, 0.1) is 17.7 Å². The van der Waals surface area contributed by atoms with Gasteiger partial charge in [0, 0.05) is 0 Å². The normalized spacial score (nSPS) is 9.95. The smallest absolute Gasteiger partial charge is 0.348 e. The van der Waals surface area contributed by atoms with Crippen molar-refractivity contribution in [3.8, 4) is 5.75 Å². The van der Waals surface area contributed by atoms with E-state index < -0.39 is 5.97 Å². The van der Waals surface area contributed by atoms with Crippen LogP contribution in [-0.2, 0) is 4.74 Å². The molecule has 0 radical (unpaired) electrons. The molecule has 0 saturated carbocycles. The third-order valence-corrected chi connectivity index (χ3v) is 3.43. The summed E-state index contributed by atoms with van der Waals surface area (Å²) in [7, 11) is 1.28. The van der Waals surface area contributed by atoms with Crippen LogP contribution < -0.4 is 5.32 Å². The van der Waals surface area contributed by atoms with Crippen LogP contribution in [0, 0.1) is 0 Å². The lowest BCUT2D eigenvalue weighted by molar-refractivity contribution is 0.0606. The van der Waals surface area contributed by atoms with E-state index in [1.54, 1.807) is 18.2 Å². The van der Waals surface area contributed by atoms with E-state index in [9.17, 15) is 14.7 Å². The summed E-state index contributed by atoms with van der Waals surface area (Å²) in [5.41, 5.74) is 0.320. The Balaban J connectivity index is 2.15. The summed E-state index contributed by atoms with van der Waals surface area (Å²) in [6.45, 7) is 0. The van der Waals surface area contributed by atoms with E-state index in [-0.39, 0.29) is 11.7 Å². The van der Waals surface area contributed by atoms with Gasteiger partial charge >= 0.3 is 5.97 Å². The number of thiophene rings is 1. The lowest BCUT2D eigenvalue weighted by Crippen LogP contribution is -2.10. The Kier molecular flexibility index (Phi) is 3.82. The van der Waals surface area contributed by atoms with Crippen molar-refractivity contribution in [3.63, 3.8) is 0 Å². The summed E-state index contributed by atoms with van der Waals surface area (Å²) in [6.07, 6.45) is 0. The van der Waals surface area contributed by atoms with Crippen LogP contribution in [0.2, 0.25) is 0 Å². The summed E-state index contributed by atoms with van der Waals surface area (Å²) >= 11 is 1.03. The van der Waals surface area contributed by atoms with E-state index in [0.717, 1.165) is 11.3 Å². The molecule has 1 amide bonds. The van der Waals surface area contributed by atoms with Crippen LogP contribution >= 0.6 is 11.3 Å². The molecule has 0 fully saturated rings. The number of benzene rings is 1. The Morgan fingerprint density at radius 1 is 1.16 bits per heavy atom. The van der Waals surface area contributed by atoms with Crippen molar-refractivity contribution in [1.29, 1.82) is 0 Å². The molecule has 1 heterocycles. The highest BCUT2D eigenvalue weighted by molar-refractivity contribution is 7.16. The highest BCUT2D eigenvalue weighted by Gasteiger charge is 2.14. The summed E-state index contributed by atoms with van der Waals surface area (Å²) < 4.78 is 4.57. The number of aromatic hydroxyl groups is 1. The first-order valence-electron chi connectivity index (χ1n) is 5.39. The minimum atomic E-state index is -0.480. The van der Waals surface area contributed by atoms with Crippen LogP contribution in [0.25, 0.3) is 0 Å². The molecule has 19 heavy (non-hydrogen) atoms. The number of hydrogen-bond donors (Lipinski definition) is 2. The number of nitrogens with one attached hydrogen (secondary N) is 1. The van der Waals surface area contributed by atoms with Crippen molar-refractivity contribution >= 4 is 28.9 Å². The third-order valence-electron chi connectivity index (χ3n) is 2.37. The van der Waals surface area contributed by atoms with Gasteiger partial charge < -0.3 is 15.2 Å². The number of anilines is 1. The predicted molar refractivity (Wildman–Crippen MR) is 71.7 cm³/mol. The molecule has 2 N–H and O–H groups in total. The molecule has 0 saturated heterocycles. The Hall–Kier alpha value is -2.34. The standard InChI is InChI=1S/C13H11NO4S/c1-18-13(17)11-7-6-10(19-11)12(16)14-8-4-2-3-5-9(8)15/h2-7,15H,1H3,(H,14,16). The topological polar surface area (TPSA) is 75.6 Å². The minimum absolute atomic E-state index is 0.0133. The largest absolute Gasteiger partial charge is 0.506 e. The molecular formula is C13H11NO4S. The van der Waals surface area contributed by atoms with Gasteiger partial charge in [0.2, 0.25) is 0 Å². The summed E-state index contributed by atoms with van der Waals surface area (Å²) in [5.74, 6) is -0.881. The zero-order valence-electron chi connectivity index (χ0n) is 10.0. The fourth-order valence-electron chi connectivity index (χ4n) is 1.43. The molecule has 0 atom stereocenters. The maximum absolute atomic E-state index is 11.9. The molecule has 2 aromatic rings. The maximum atomic E-state index is 11.9. The molecule has 5 nitrogen and oxygen atoms in total. The summed E-state index contributed by atoms with van der Waals surface area (Å²) in [4.78, 5) is 23.9. The number of methoxy groups -OCH3 is 1. The lowest BCUT2D eigenvalue weighted by Gasteiger charge is -2.05. The summed E-state index contributed by atoms with van der Waals surface area (Å²) in [6, 6.07) is 9.48. The fourth-order valence-corrected chi connectivity index (χ4v) is 2.25.